The number of nitriles is 2. The van der Waals surface area contributed by atoms with Crippen molar-refractivity contribution in [1.82, 2.24) is 0 Å². The maximum Gasteiger partial charge on any atom is 0.101 e. The molecule has 0 radical (unpaired) electrons. The first-order chi connectivity index (χ1) is 9.28. The minimum absolute atomic E-state index is 0.353. The van der Waals surface area contributed by atoms with Crippen LogP contribution in [0, 0.1) is 22.7 Å². The van der Waals surface area contributed by atoms with Gasteiger partial charge in [0.15, 0.2) is 0 Å². The minimum atomic E-state index is 0.353. The predicted molar refractivity (Wildman–Crippen MR) is 77.7 cm³/mol. The molecule has 0 heterocycles. The normalized spacial score (nSPS) is 12.5. The highest BCUT2D eigenvalue weighted by Crippen LogP contribution is 2.23. The first kappa shape index (κ1) is 14.2. The van der Waals surface area contributed by atoms with Crippen molar-refractivity contribution in [3.63, 3.8) is 0 Å². The molecule has 0 saturated carbocycles. The molecule has 0 amide bonds. The minimum Gasteiger partial charge on any atom is -0.192 e. The highest BCUT2D eigenvalue weighted by molar-refractivity contribution is 5.85. The van der Waals surface area contributed by atoms with E-state index in [1.54, 1.807) is 18.2 Å². The fourth-order valence-electron chi connectivity index (χ4n) is 1.66. The first-order valence-electron chi connectivity index (χ1n) is 5.84. The summed E-state index contributed by atoms with van der Waals surface area (Å²) in [4.78, 5) is 0. The average molecular weight is 246 g/mol. The molecule has 2 heteroatoms. The molecular weight excluding hydrogens is 232 g/mol. The van der Waals surface area contributed by atoms with Crippen molar-refractivity contribution >= 4 is 5.57 Å². The van der Waals surface area contributed by atoms with Crippen LogP contribution in [0.5, 0.6) is 0 Å². The molecule has 0 bridgehead atoms. The van der Waals surface area contributed by atoms with Gasteiger partial charge in [0.1, 0.15) is 12.1 Å². The SMILES string of the molecule is C=C/C=C(\C=C/C)C(/C#N)=C(\C#N)c1ccccc1. The van der Waals surface area contributed by atoms with E-state index in [-0.39, 0.29) is 0 Å². The van der Waals surface area contributed by atoms with Gasteiger partial charge in [-0.15, -0.1) is 0 Å². The lowest BCUT2D eigenvalue weighted by molar-refractivity contribution is 1.44. The second-order valence-electron chi connectivity index (χ2n) is 3.70. The van der Waals surface area contributed by atoms with Crippen LogP contribution < -0.4 is 0 Å². The molecule has 0 atom stereocenters. The molecule has 1 aromatic carbocycles. The standard InChI is InChI=1S/C17H14N2/c1-3-8-14(9-4-2)16(12-18)17(13-19)15-10-6-5-7-11-15/h3-11H,1H2,2H3/b9-4-,14-8+,17-16+. The molecule has 0 aliphatic heterocycles. The molecule has 92 valence electrons. The lowest BCUT2D eigenvalue weighted by Crippen LogP contribution is -1.91. The van der Waals surface area contributed by atoms with Crippen LogP contribution in [-0.2, 0) is 0 Å². The molecule has 0 N–H and O–H groups in total. The molecular formula is C17H14N2. The van der Waals surface area contributed by atoms with Crippen LogP contribution >= 0.6 is 0 Å². The highest BCUT2D eigenvalue weighted by atomic mass is 14.3. The summed E-state index contributed by atoms with van der Waals surface area (Å²) in [5, 5.41) is 18.7. The van der Waals surface area contributed by atoms with E-state index in [1.807, 2.05) is 43.3 Å². The van der Waals surface area contributed by atoms with Crippen molar-refractivity contribution in [3.05, 3.63) is 77.9 Å². The summed E-state index contributed by atoms with van der Waals surface area (Å²) in [6.45, 7) is 5.49. The largest absolute Gasteiger partial charge is 0.192 e. The monoisotopic (exact) mass is 246 g/mol. The van der Waals surface area contributed by atoms with Crippen molar-refractivity contribution in [3.8, 4) is 12.1 Å². The van der Waals surface area contributed by atoms with Gasteiger partial charge in [0.25, 0.3) is 0 Å². The van der Waals surface area contributed by atoms with Crippen molar-refractivity contribution in [1.29, 1.82) is 10.5 Å². The average Bonchev–Trinajstić information content (AvgIpc) is 2.45. The Labute approximate surface area is 113 Å². The van der Waals surface area contributed by atoms with Gasteiger partial charge in [-0.3, -0.25) is 0 Å². The van der Waals surface area contributed by atoms with Gasteiger partial charge in [-0.05, 0) is 18.1 Å². The van der Waals surface area contributed by atoms with Crippen LogP contribution in [0.2, 0.25) is 0 Å². The van der Waals surface area contributed by atoms with E-state index < -0.39 is 0 Å². The number of benzene rings is 1. The summed E-state index contributed by atoms with van der Waals surface area (Å²) in [6, 6.07) is 13.4. The van der Waals surface area contributed by atoms with E-state index in [0.717, 1.165) is 5.56 Å². The van der Waals surface area contributed by atoms with Crippen molar-refractivity contribution in [2.45, 2.75) is 6.92 Å². The summed E-state index contributed by atoms with van der Waals surface area (Å²) in [5.74, 6) is 0. The molecule has 2 nitrogen and oxygen atoms in total. The van der Waals surface area contributed by atoms with Crippen LogP contribution in [0.25, 0.3) is 5.57 Å². The van der Waals surface area contributed by atoms with Gasteiger partial charge in [-0.2, -0.15) is 10.5 Å². The predicted octanol–water partition coefficient (Wildman–Crippen LogP) is 4.18. The lowest BCUT2D eigenvalue weighted by atomic mass is 9.95. The van der Waals surface area contributed by atoms with Crippen LogP contribution in [-0.4, -0.2) is 0 Å². The summed E-state index contributed by atoms with van der Waals surface area (Å²) in [5.41, 5.74) is 2.14. The molecule has 0 aliphatic carbocycles. The second kappa shape index (κ2) is 7.48. The molecule has 0 fully saturated rings. The molecule has 19 heavy (non-hydrogen) atoms. The van der Waals surface area contributed by atoms with Crippen molar-refractivity contribution < 1.29 is 0 Å². The molecule has 1 rings (SSSR count). The molecule has 1 aromatic rings. The summed E-state index contributed by atoms with van der Waals surface area (Å²) in [7, 11) is 0. The zero-order valence-electron chi connectivity index (χ0n) is 10.8. The second-order valence-corrected chi connectivity index (χ2v) is 3.70. The highest BCUT2D eigenvalue weighted by Gasteiger charge is 2.11. The number of hydrogen-bond acceptors (Lipinski definition) is 2. The van der Waals surface area contributed by atoms with Gasteiger partial charge in [-0.25, -0.2) is 0 Å². The van der Waals surface area contributed by atoms with Crippen molar-refractivity contribution in [2.24, 2.45) is 0 Å². The zero-order valence-corrected chi connectivity index (χ0v) is 10.8. The molecule has 0 spiro atoms. The third-order valence-corrected chi connectivity index (χ3v) is 2.47. The fraction of sp³-hybridized carbons (Fsp3) is 0.0588. The van der Waals surface area contributed by atoms with E-state index in [0.29, 0.717) is 16.7 Å². The fourth-order valence-corrected chi connectivity index (χ4v) is 1.66. The van der Waals surface area contributed by atoms with Crippen LogP contribution in [0.1, 0.15) is 12.5 Å². The molecule has 0 unspecified atom stereocenters. The Balaban J connectivity index is 3.52. The molecule has 0 aromatic heterocycles. The first-order valence-corrected chi connectivity index (χ1v) is 5.84. The smallest absolute Gasteiger partial charge is 0.101 e. The summed E-state index contributed by atoms with van der Waals surface area (Å²) < 4.78 is 0. The maximum atomic E-state index is 9.34. The number of rotatable bonds is 4. The number of allylic oxidation sites excluding steroid dienone is 7. The van der Waals surface area contributed by atoms with E-state index in [1.165, 1.54) is 0 Å². The molecule has 0 saturated heterocycles. The lowest BCUT2D eigenvalue weighted by Gasteiger charge is -2.04. The zero-order chi connectivity index (χ0) is 14.1. The van der Waals surface area contributed by atoms with Gasteiger partial charge in [0, 0.05) is 0 Å². The maximum absolute atomic E-state index is 9.34. The van der Waals surface area contributed by atoms with E-state index in [9.17, 15) is 10.5 Å². The number of nitrogens with zero attached hydrogens (tertiary/aromatic N) is 2. The Kier molecular flexibility index (Phi) is 5.60. The molecule has 0 aliphatic rings. The van der Waals surface area contributed by atoms with E-state index >= 15 is 0 Å². The Morgan fingerprint density at radius 1 is 1.16 bits per heavy atom. The van der Waals surface area contributed by atoms with E-state index in [4.69, 9.17) is 0 Å². The third-order valence-electron chi connectivity index (χ3n) is 2.47. The third kappa shape index (κ3) is 3.56. The van der Waals surface area contributed by atoms with Gasteiger partial charge >= 0.3 is 0 Å². The van der Waals surface area contributed by atoms with Gasteiger partial charge in [-0.1, -0.05) is 61.2 Å². The summed E-state index contributed by atoms with van der Waals surface area (Å²) in [6.07, 6.45) is 6.94. The Morgan fingerprint density at radius 2 is 1.84 bits per heavy atom. The van der Waals surface area contributed by atoms with Crippen LogP contribution in [0.3, 0.4) is 0 Å². The Morgan fingerprint density at radius 3 is 2.32 bits per heavy atom. The topological polar surface area (TPSA) is 47.6 Å². The van der Waals surface area contributed by atoms with Crippen LogP contribution in [0.15, 0.2) is 72.4 Å². The van der Waals surface area contributed by atoms with Gasteiger partial charge in [0.2, 0.25) is 0 Å². The Bertz CT molecular complexity index is 617. The van der Waals surface area contributed by atoms with Crippen LogP contribution in [0.4, 0.5) is 0 Å². The van der Waals surface area contributed by atoms with E-state index in [2.05, 4.69) is 18.7 Å². The number of hydrogen-bond donors (Lipinski definition) is 0. The van der Waals surface area contributed by atoms with Gasteiger partial charge < -0.3 is 0 Å². The van der Waals surface area contributed by atoms with Crippen molar-refractivity contribution in [2.75, 3.05) is 0 Å². The Hall–Kier alpha value is -2.84. The van der Waals surface area contributed by atoms with Gasteiger partial charge in [0.05, 0.1) is 11.1 Å². The summed E-state index contributed by atoms with van der Waals surface area (Å²) >= 11 is 0. The quantitative estimate of drug-likeness (QED) is 0.591.